The molecule has 0 aliphatic heterocycles. The summed E-state index contributed by atoms with van der Waals surface area (Å²) < 4.78 is 28.5. The number of hydrogen-bond acceptors (Lipinski definition) is 4. The zero-order valence-electron chi connectivity index (χ0n) is 21.7. The van der Waals surface area contributed by atoms with Gasteiger partial charge in [-0.25, -0.2) is 8.42 Å². The zero-order chi connectivity index (χ0) is 28.1. The minimum absolute atomic E-state index is 0.0127. The molecule has 1 N–H and O–H groups in total. The summed E-state index contributed by atoms with van der Waals surface area (Å²) in [6.07, 6.45) is 0. The highest BCUT2D eigenvalue weighted by Crippen LogP contribution is 2.25. The summed E-state index contributed by atoms with van der Waals surface area (Å²) in [4.78, 5) is 28.3. The highest BCUT2D eigenvalue weighted by molar-refractivity contribution is 7.92. The summed E-state index contributed by atoms with van der Waals surface area (Å²) in [5.74, 6) is -0.899. The minimum atomic E-state index is -4.14. The van der Waals surface area contributed by atoms with Crippen LogP contribution in [0.15, 0.2) is 83.8 Å². The van der Waals surface area contributed by atoms with Crippen LogP contribution in [0.5, 0.6) is 0 Å². The van der Waals surface area contributed by atoms with Crippen LogP contribution in [0.3, 0.4) is 0 Å². The lowest BCUT2D eigenvalue weighted by atomic mass is 10.1. The van der Waals surface area contributed by atoms with E-state index in [9.17, 15) is 18.0 Å². The van der Waals surface area contributed by atoms with Gasteiger partial charge in [-0.1, -0.05) is 53.5 Å². The minimum Gasteiger partial charge on any atom is -0.350 e. The van der Waals surface area contributed by atoms with Crippen LogP contribution < -0.4 is 9.62 Å². The first kappa shape index (κ1) is 29.5. The maximum absolute atomic E-state index is 13.8. The average molecular weight is 577 g/mol. The normalized spacial score (nSPS) is 12.5. The smallest absolute Gasteiger partial charge is 0.264 e. The second kappa shape index (κ2) is 12.2. The number of hydrogen-bond donors (Lipinski definition) is 1. The van der Waals surface area contributed by atoms with Gasteiger partial charge in [0, 0.05) is 22.1 Å². The summed E-state index contributed by atoms with van der Waals surface area (Å²) in [6.45, 7) is 6.72. The van der Waals surface area contributed by atoms with Crippen molar-refractivity contribution in [3.05, 3.63) is 94.5 Å². The number of carbonyl (C=O) groups excluding carboxylic acids is 2. The summed E-state index contributed by atoms with van der Waals surface area (Å²) >= 11 is 12.0. The molecule has 0 heterocycles. The number of sulfonamides is 1. The van der Waals surface area contributed by atoms with Gasteiger partial charge in [-0.2, -0.15) is 0 Å². The van der Waals surface area contributed by atoms with Gasteiger partial charge >= 0.3 is 0 Å². The number of benzene rings is 3. The van der Waals surface area contributed by atoms with Crippen molar-refractivity contribution >= 4 is 50.7 Å². The molecule has 2 amide bonds. The van der Waals surface area contributed by atoms with E-state index in [0.29, 0.717) is 15.7 Å². The fourth-order valence-electron chi connectivity index (χ4n) is 3.70. The Morgan fingerprint density at radius 2 is 1.39 bits per heavy atom. The van der Waals surface area contributed by atoms with Crippen molar-refractivity contribution in [2.24, 2.45) is 0 Å². The van der Waals surface area contributed by atoms with Gasteiger partial charge < -0.3 is 10.2 Å². The molecule has 38 heavy (non-hydrogen) atoms. The molecule has 0 spiro atoms. The predicted octanol–water partition coefficient (Wildman–Crippen LogP) is 5.52. The number of anilines is 1. The number of nitrogens with one attached hydrogen (secondary N) is 1. The first-order valence-corrected chi connectivity index (χ1v) is 14.2. The van der Waals surface area contributed by atoms with E-state index in [0.717, 1.165) is 9.87 Å². The zero-order valence-corrected chi connectivity index (χ0v) is 24.0. The van der Waals surface area contributed by atoms with Gasteiger partial charge in [-0.3, -0.25) is 13.9 Å². The number of para-hydroxylation sites is 1. The van der Waals surface area contributed by atoms with Crippen molar-refractivity contribution in [1.82, 2.24) is 10.2 Å². The van der Waals surface area contributed by atoms with Crippen LogP contribution in [0.25, 0.3) is 0 Å². The summed E-state index contributed by atoms with van der Waals surface area (Å²) in [7, 11) is -4.14. The topological polar surface area (TPSA) is 86.8 Å². The Hall–Kier alpha value is -3.07. The molecular formula is C28H31Cl2N3O4S. The van der Waals surface area contributed by atoms with Crippen molar-refractivity contribution in [2.75, 3.05) is 10.8 Å². The molecule has 0 bridgehead atoms. The Bertz CT molecular complexity index is 1360. The fourth-order valence-corrected chi connectivity index (χ4v) is 5.37. The molecule has 3 aromatic carbocycles. The van der Waals surface area contributed by atoms with Crippen molar-refractivity contribution in [2.45, 2.75) is 50.7 Å². The molecule has 0 aromatic heterocycles. The number of halogens is 2. The Morgan fingerprint density at radius 1 is 0.868 bits per heavy atom. The third kappa shape index (κ3) is 7.72. The number of rotatable bonds is 9. The quantitative estimate of drug-likeness (QED) is 0.364. The fraction of sp³-hybridized carbons (Fsp3) is 0.286. The Kier molecular flexibility index (Phi) is 9.46. The maximum atomic E-state index is 13.8. The lowest BCUT2D eigenvalue weighted by molar-refractivity contribution is -0.140. The molecule has 1 atom stereocenters. The van der Waals surface area contributed by atoms with Crippen LogP contribution in [0.1, 0.15) is 33.3 Å². The van der Waals surface area contributed by atoms with E-state index in [-0.39, 0.29) is 17.3 Å². The molecule has 3 aromatic rings. The molecule has 7 nitrogen and oxygen atoms in total. The molecule has 0 radical (unpaired) electrons. The van der Waals surface area contributed by atoms with Crippen molar-refractivity contribution in [3.8, 4) is 0 Å². The summed E-state index contributed by atoms with van der Waals surface area (Å²) in [5, 5.41) is 3.82. The first-order valence-electron chi connectivity index (χ1n) is 12.0. The maximum Gasteiger partial charge on any atom is 0.264 e. The highest BCUT2D eigenvalue weighted by atomic mass is 35.5. The van der Waals surface area contributed by atoms with Gasteiger partial charge in [0.1, 0.15) is 12.6 Å². The van der Waals surface area contributed by atoms with Crippen LogP contribution in [0.2, 0.25) is 10.0 Å². The van der Waals surface area contributed by atoms with Gasteiger partial charge in [-0.15, -0.1) is 0 Å². The second-order valence-electron chi connectivity index (χ2n) is 9.86. The Morgan fingerprint density at radius 3 is 1.92 bits per heavy atom. The Balaban J connectivity index is 2.00. The third-order valence-electron chi connectivity index (χ3n) is 5.66. The third-order valence-corrected chi connectivity index (χ3v) is 7.95. The van der Waals surface area contributed by atoms with Crippen LogP contribution in [0.4, 0.5) is 5.69 Å². The predicted molar refractivity (Wildman–Crippen MR) is 152 cm³/mol. The molecule has 202 valence electrons. The van der Waals surface area contributed by atoms with Gasteiger partial charge in [0.25, 0.3) is 10.0 Å². The van der Waals surface area contributed by atoms with Gasteiger partial charge in [0.2, 0.25) is 11.8 Å². The van der Waals surface area contributed by atoms with Crippen molar-refractivity contribution in [3.63, 3.8) is 0 Å². The van der Waals surface area contributed by atoms with E-state index >= 15 is 0 Å². The molecule has 0 saturated carbocycles. The van der Waals surface area contributed by atoms with Crippen molar-refractivity contribution in [1.29, 1.82) is 0 Å². The monoisotopic (exact) mass is 575 g/mol. The highest BCUT2D eigenvalue weighted by Gasteiger charge is 2.33. The van der Waals surface area contributed by atoms with Crippen LogP contribution >= 0.6 is 23.2 Å². The number of nitrogens with zero attached hydrogens (tertiary/aromatic N) is 2. The van der Waals surface area contributed by atoms with E-state index in [1.54, 1.807) is 61.5 Å². The molecule has 0 aliphatic carbocycles. The van der Waals surface area contributed by atoms with E-state index in [2.05, 4.69) is 5.32 Å². The van der Waals surface area contributed by atoms with Gasteiger partial charge in [0.05, 0.1) is 10.6 Å². The van der Waals surface area contributed by atoms with E-state index in [4.69, 9.17) is 23.2 Å². The van der Waals surface area contributed by atoms with Crippen molar-refractivity contribution < 1.29 is 18.0 Å². The van der Waals surface area contributed by atoms with Gasteiger partial charge in [-0.05, 0) is 81.8 Å². The van der Waals surface area contributed by atoms with Crippen LogP contribution in [-0.4, -0.2) is 43.3 Å². The van der Waals surface area contributed by atoms with E-state index in [1.165, 1.54) is 29.2 Å². The molecule has 0 fully saturated rings. The summed E-state index contributed by atoms with van der Waals surface area (Å²) in [6, 6.07) is 20.1. The second-order valence-corrected chi connectivity index (χ2v) is 12.6. The van der Waals surface area contributed by atoms with E-state index in [1.807, 2.05) is 20.8 Å². The number of amides is 2. The Labute approximate surface area is 234 Å². The van der Waals surface area contributed by atoms with Crippen LogP contribution in [0, 0.1) is 0 Å². The molecule has 10 heteroatoms. The summed E-state index contributed by atoms with van der Waals surface area (Å²) in [5.41, 5.74) is 0.535. The largest absolute Gasteiger partial charge is 0.350 e. The molecule has 0 aliphatic rings. The molecule has 0 saturated heterocycles. The first-order chi connectivity index (χ1) is 17.8. The average Bonchev–Trinajstić information content (AvgIpc) is 2.86. The molecular weight excluding hydrogens is 545 g/mol. The van der Waals surface area contributed by atoms with Crippen LogP contribution in [-0.2, 0) is 26.2 Å². The molecule has 3 rings (SSSR count). The van der Waals surface area contributed by atoms with E-state index < -0.39 is 34.1 Å². The molecule has 0 unspecified atom stereocenters. The SMILES string of the molecule is C[C@H](C(=O)NC(C)(C)C)N(Cc1ccc(Cl)cc1)C(=O)CN(c1ccccc1)S(=O)(=O)c1ccc(Cl)cc1. The lowest BCUT2D eigenvalue weighted by Gasteiger charge is -2.33. The van der Waals surface area contributed by atoms with Gasteiger partial charge in [0.15, 0.2) is 0 Å². The number of carbonyl (C=O) groups is 2. The standard InChI is InChI=1S/C28H31Cl2N3O4S/c1-20(27(35)31-28(2,3)4)32(18-21-10-12-22(29)13-11-21)26(34)19-33(24-8-6-5-7-9-24)38(36,37)25-16-14-23(30)15-17-25/h5-17,20H,18-19H2,1-4H3,(H,31,35)/t20-/m1/s1. The lowest BCUT2D eigenvalue weighted by Crippen LogP contribution is -2.54.